The summed E-state index contributed by atoms with van der Waals surface area (Å²) in [7, 11) is 0. The predicted molar refractivity (Wildman–Crippen MR) is 78.3 cm³/mol. The first-order valence-electron chi connectivity index (χ1n) is 6.24. The van der Waals surface area contributed by atoms with Gasteiger partial charge >= 0.3 is 0 Å². The maximum atomic E-state index is 5.69. The summed E-state index contributed by atoms with van der Waals surface area (Å²) in [4.78, 5) is 4.08. The highest BCUT2D eigenvalue weighted by Gasteiger charge is 2.10. The van der Waals surface area contributed by atoms with Gasteiger partial charge in [0, 0.05) is 23.7 Å². The highest BCUT2D eigenvalue weighted by molar-refractivity contribution is 7.98. The second-order valence-corrected chi connectivity index (χ2v) is 5.26. The number of nitrogens with zero attached hydrogens (tertiary/aromatic N) is 3. The van der Waals surface area contributed by atoms with Crippen molar-refractivity contribution in [2.75, 3.05) is 0 Å². The molecule has 2 heterocycles. The van der Waals surface area contributed by atoms with E-state index in [0.29, 0.717) is 11.1 Å². The van der Waals surface area contributed by atoms with E-state index in [1.54, 1.807) is 6.20 Å². The predicted octanol–water partition coefficient (Wildman–Crippen LogP) is 3.73. The molecular formula is C15H13N3OS. The van der Waals surface area contributed by atoms with E-state index in [9.17, 15) is 0 Å². The second-order valence-electron chi connectivity index (χ2n) is 4.34. The molecule has 4 nitrogen and oxygen atoms in total. The zero-order valence-corrected chi connectivity index (χ0v) is 11.8. The molecular weight excluding hydrogens is 270 g/mol. The van der Waals surface area contributed by atoms with E-state index >= 15 is 0 Å². The fraction of sp³-hybridized carbons (Fsp3) is 0.133. The number of hydrogen-bond donors (Lipinski definition) is 0. The molecule has 0 saturated heterocycles. The smallest absolute Gasteiger partial charge is 0.277 e. The lowest BCUT2D eigenvalue weighted by Crippen LogP contribution is -1.81. The molecule has 0 fully saturated rings. The summed E-state index contributed by atoms with van der Waals surface area (Å²) in [6.45, 7) is 2.03. The zero-order valence-electron chi connectivity index (χ0n) is 11.0. The first-order valence-corrected chi connectivity index (χ1v) is 7.23. The fourth-order valence-electron chi connectivity index (χ4n) is 1.82. The van der Waals surface area contributed by atoms with E-state index < -0.39 is 0 Å². The molecule has 0 saturated carbocycles. The molecule has 0 N–H and O–H groups in total. The highest BCUT2D eigenvalue weighted by Crippen LogP contribution is 2.26. The zero-order chi connectivity index (χ0) is 13.8. The Morgan fingerprint density at radius 1 is 1.10 bits per heavy atom. The van der Waals surface area contributed by atoms with E-state index in [4.69, 9.17) is 4.42 Å². The molecule has 0 bridgehead atoms. The average molecular weight is 283 g/mol. The Labute approximate surface area is 121 Å². The minimum Gasteiger partial charge on any atom is -0.411 e. The molecule has 3 aromatic rings. The Kier molecular flexibility index (Phi) is 3.78. The highest BCUT2D eigenvalue weighted by atomic mass is 32.2. The molecule has 5 heteroatoms. The third-order valence-electron chi connectivity index (χ3n) is 2.87. The molecule has 0 unspecified atom stereocenters. The summed E-state index contributed by atoms with van der Waals surface area (Å²) >= 11 is 1.51. The van der Waals surface area contributed by atoms with Gasteiger partial charge in [-0.15, -0.1) is 10.2 Å². The SMILES string of the molecule is Cc1ccccc1-c1nnc(SCc2cccnc2)o1. The maximum absolute atomic E-state index is 5.69. The van der Waals surface area contributed by atoms with E-state index in [1.807, 2.05) is 49.5 Å². The van der Waals surface area contributed by atoms with Crippen molar-refractivity contribution in [1.82, 2.24) is 15.2 Å². The Balaban J connectivity index is 1.73. The molecule has 0 atom stereocenters. The van der Waals surface area contributed by atoms with Gasteiger partial charge in [0.05, 0.1) is 0 Å². The molecule has 3 rings (SSSR count). The molecule has 20 heavy (non-hydrogen) atoms. The van der Waals surface area contributed by atoms with Crippen LogP contribution in [0.1, 0.15) is 11.1 Å². The standard InChI is InChI=1S/C15H13N3OS/c1-11-5-2-3-7-13(11)14-17-18-15(19-14)20-10-12-6-4-8-16-9-12/h2-9H,10H2,1H3. The van der Waals surface area contributed by atoms with Crippen LogP contribution in [0.15, 0.2) is 58.4 Å². The van der Waals surface area contributed by atoms with Crippen molar-refractivity contribution < 1.29 is 4.42 Å². The Morgan fingerprint density at radius 3 is 2.80 bits per heavy atom. The second kappa shape index (κ2) is 5.88. The van der Waals surface area contributed by atoms with E-state index in [0.717, 1.165) is 22.4 Å². The minimum absolute atomic E-state index is 0.566. The van der Waals surface area contributed by atoms with Crippen molar-refractivity contribution in [3.05, 3.63) is 59.9 Å². The van der Waals surface area contributed by atoms with Gasteiger partial charge in [0.1, 0.15) is 0 Å². The molecule has 100 valence electrons. The van der Waals surface area contributed by atoms with Crippen LogP contribution in [0.4, 0.5) is 0 Å². The van der Waals surface area contributed by atoms with Crippen LogP contribution in [-0.2, 0) is 5.75 Å². The van der Waals surface area contributed by atoms with Crippen molar-refractivity contribution in [2.45, 2.75) is 17.9 Å². The first kappa shape index (κ1) is 12.9. The van der Waals surface area contributed by atoms with Gasteiger partial charge in [-0.25, -0.2) is 0 Å². The van der Waals surface area contributed by atoms with Gasteiger partial charge in [0.2, 0.25) is 5.89 Å². The number of pyridine rings is 1. The lowest BCUT2D eigenvalue weighted by molar-refractivity contribution is 0.465. The normalized spacial score (nSPS) is 10.7. The van der Waals surface area contributed by atoms with E-state index in [2.05, 4.69) is 15.2 Å². The topological polar surface area (TPSA) is 51.8 Å². The van der Waals surface area contributed by atoms with Gasteiger partial charge in [-0.3, -0.25) is 4.98 Å². The molecule has 0 aliphatic carbocycles. The molecule has 2 aromatic heterocycles. The molecule has 0 amide bonds. The van der Waals surface area contributed by atoms with Gasteiger partial charge in [-0.1, -0.05) is 36.0 Å². The lowest BCUT2D eigenvalue weighted by Gasteiger charge is -1.99. The van der Waals surface area contributed by atoms with E-state index in [-0.39, 0.29) is 0 Å². The summed E-state index contributed by atoms with van der Waals surface area (Å²) < 4.78 is 5.69. The number of hydrogen-bond acceptors (Lipinski definition) is 5. The lowest BCUT2D eigenvalue weighted by atomic mass is 10.1. The number of benzene rings is 1. The molecule has 0 spiro atoms. The van der Waals surface area contributed by atoms with Crippen molar-refractivity contribution in [3.63, 3.8) is 0 Å². The van der Waals surface area contributed by atoms with Crippen LogP contribution in [0.25, 0.3) is 11.5 Å². The summed E-state index contributed by atoms with van der Waals surface area (Å²) in [5.41, 5.74) is 3.24. The molecule has 0 aliphatic heterocycles. The summed E-state index contributed by atoms with van der Waals surface area (Å²) in [6, 6.07) is 11.9. The molecule has 0 radical (unpaired) electrons. The maximum Gasteiger partial charge on any atom is 0.277 e. The first-order chi connectivity index (χ1) is 9.83. The third kappa shape index (κ3) is 2.88. The van der Waals surface area contributed by atoms with E-state index in [1.165, 1.54) is 11.8 Å². The Hall–Kier alpha value is -2.14. The van der Waals surface area contributed by atoms with Crippen LogP contribution in [0.5, 0.6) is 0 Å². The van der Waals surface area contributed by atoms with Crippen molar-refractivity contribution >= 4 is 11.8 Å². The number of thioether (sulfide) groups is 1. The average Bonchev–Trinajstić information content (AvgIpc) is 2.95. The number of aryl methyl sites for hydroxylation is 1. The van der Waals surface area contributed by atoms with Crippen LogP contribution in [0, 0.1) is 6.92 Å². The van der Waals surface area contributed by atoms with Crippen molar-refractivity contribution in [3.8, 4) is 11.5 Å². The quantitative estimate of drug-likeness (QED) is 0.683. The largest absolute Gasteiger partial charge is 0.411 e. The summed E-state index contributed by atoms with van der Waals surface area (Å²) in [5.74, 6) is 1.33. The monoisotopic (exact) mass is 283 g/mol. The van der Waals surface area contributed by atoms with Gasteiger partial charge in [0.25, 0.3) is 5.22 Å². The minimum atomic E-state index is 0.566. The van der Waals surface area contributed by atoms with Gasteiger partial charge < -0.3 is 4.42 Å². The molecule has 0 aliphatic rings. The van der Waals surface area contributed by atoms with Gasteiger partial charge in [-0.05, 0) is 30.2 Å². The van der Waals surface area contributed by atoms with Crippen LogP contribution in [-0.4, -0.2) is 15.2 Å². The van der Waals surface area contributed by atoms with Crippen molar-refractivity contribution in [2.24, 2.45) is 0 Å². The summed E-state index contributed by atoms with van der Waals surface area (Å²) in [5, 5.41) is 8.76. The number of rotatable bonds is 4. The van der Waals surface area contributed by atoms with Crippen LogP contribution in [0.2, 0.25) is 0 Å². The Bertz CT molecular complexity index is 697. The van der Waals surface area contributed by atoms with Gasteiger partial charge in [0.15, 0.2) is 0 Å². The van der Waals surface area contributed by atoms with Gasteiger partial charge in [-0.2, -0.15) is 0 Å². The Morgan fingerprint density at radius 2 is 2.00 bits per heavy atom. The fourth-order valence-corrected chi connectivity index (χ4v) is 2.52. The summed E-state index contributed by atoms with van der Waals surface area (Å²) in [6.07, 6.45) is 3.60. The number of aromatic nitrogens is 3. The van der Waals surface area contributed by atoms with Crippen LogP contribution >= 0.6 is 11.8 Å². The van der Waals surface area contributed by atoms with Crippen LogP contribution < -0.4 is 0 Å². The third-order valence-corrected chi connectivity index (χ3v) is 3.76. The van der Waals surface area contributed by atoms with Crippen LogP contribution in [0.3, 0.4) is 0 Å². The molecule has 1 aromatic carbocycles. The van der Waals surface area contributed by atoms with Crippen molar-refractivity contribution in [1.29, 1.82) is 0 Å².